The zero-order valence-corrected chi connectivity index (χ0v) is 7.99. The van der Waals surface area contributed by atoms with Gasteiger partial charge in [-0.3, -0.25) is 5.43 Å². The number of aromatic nitrogens is 2. The summed E-state index contributed by atoms with van der Waals surface area (Å²) in [7, 11) is 0. The van der Waals surface area contributed by atoms with Crippen LogP contribution >= 0.6 is 0 Å². The highest BCUT2D eigenvalue weighted by atomic mass is 19.1. The van der Waals surface area contributed by atoms with E-state index in [1.807, 2.05) is 0 Å². The molecule has 0 saturated heterocycles. The fraction of sp³-hybridized carbons (Fsp3) is 0.111. The second kappa shape index (κ2) is 3.66. The van der Waals surface area contributed by atoms with Crippen LogP contribution in [0.2, 0.25) is 0 Å². The van der Waals surface area contributed by atoms with Gasteiger partial charge in [0.15, 0.2) is 0 Å². The number of hydrazine groups is 1. The van der Waals surface area contributed by atoms with Gasteiger partial charge in [0.25, 0.3) is 0 Å². The predicted octanol–water partition coefficient (Wildman–Crippen LogP) is 1.47. The molecule has 0 radical (unpaired) electrons. The molecule has 1 heterocycles. The second-order valence-electron chi connectivity index (χ2n) is 3.03. The van der Waals surface area contributed by atoms with E-state index in [0.29, 0.717) is 17.0 Å². The van der Waals surface area contributed by atoms with Crippen LogP contribution in [0.1, 0.15) is 5.56 Å². The normalized spacial score (nSPS) is 10.3. The maximum absolute atomic E-state index is 13.0. The van der Waals surface area contributed by atoms with Crippen LogP contribution < -0.4 is 11.3 Å². The van der Waals surface area contributed by atoms with E-state index in [1.165, 1.54) is 6.07 Å². The van der Waals surface area contributed by atoms with Crippen LogP contribution in [-0.4, -0.2) is 10.1 Å². The molecular formula is C9H9FN4O. The van der Waals surface area contributed by atoms with Crippen LogP contribution in [0.4, 0.5) is 10.4 Å². The van der Waals surface area contributed by atoms with Crippen molar-refractivity contribution in [1.82, 2.24) is 10.1 Å². The first-order valence-electron chi connectivity index (χ1n) is 4.27. The minimum Gasteiger partial charge on any atom is -0.314 e. The third-order valence-electron chi connectivity index (χ3n) is 1.97. The van der Waals surface area contributed by atoms with Gasteiger partial charge in [-0.25, -0.2) is 10.2 Å². The van der Waals surface area contributed by atoms with Gasteiger partial charge < -0.3 is 4.52 Å². The zero-order chi connectivity index (χ0) is 10.8. The zero-order valence-electron chi connectivity index (χ0n) is 7.99. The Morgan fingerprint density at radius 3 is 2.87 bits per heavy atom. The summed E-state index contributed by atoms with van der Waals surface area (Å²) in [6.07, 6.45) is 0. The number of rotatable bonds is 2. The number of nitrogens with two attached hydrogens (primary N) is 1. The van der Waals surface area contributed by atoms with E-state index in [-0.39, 0.29) is 11.8 Å². The van der Waals surface area contributed by atoms with Crippen LogP contribution in [0.15, 0.2) is 22.7 Å². The van der Waals surface area contributed by atoms with E-state index in [9.17, 15) is 4.39 Å². The average Bonchev–Trinajstić information content (AvgIpc) is 2.70. The first-order chi connectivity index (χ1) is 7.20. The number of hydrogen-bond donors (Lipinski definition) is 2. The highest BCUT2D eigenvalue weighted by Gasteiger charge is 2.08. The smallest absolute Gasteiger partial charge is 0.314 e. The lowest BCUT2D eigenvalue weighted by Crippen LogP contribution is -2.06. The molecule has 2 aromatic rings. The van der Waals surface area contributed by atoms with Gasteiger partial charge in [-0.2, -0.15) is 4.98 Å². The standard InChI is InChI=1S/C9H9FN4O/c1-5-4-6(2-3-7(5)10)8-12-9(13-11)15-14-8/h2-4H,11H2,1H3,(H,12,13,14). The molecule has 0 fully saturated rings. The third kappa shape index (κ3) is 1.79. The van der Waals surface area contributed by atoms with Gasteiger partial charge in [-0.05, 0) is 30.7 Å². The van der Waals surface area contributed by atoms with Crippen LogP contribution in [0.3, 0.4) is 0 Å². The van der Waals surface area contributed by atoms with E-state index < -0.39 is 0 Å². The fourth-order valence-corrected chi connectivity index (χ4v) is 1.18. The maximum atomic E-state index is 13.0. The van der Waals surface area contributed by atoms with Crippen LogP contribution in [-0.2, 0) is 0 Å². The van der Waals surface area contributed by atoms with E-state index in [1.54, 1.807) is 19.1 Å². The minimum absolute atomic E-state index is 0.118. The van der Waals surface area contributed by atoms with Crippen molar-refractivity contribution in [2.75, 3.05) is 5.43 Å². The molecular weight excluding hydrogens is 199 g/mol. The van der Waals surface area contributed by atoms with Gasteiger partial charge in [-0.1, -0.05) is 5.16 Å². The Hall–Kier alpha value is -1.95. The Morgan fingerprint density at radius 2 is 2.27 bits per heavy atom. The molecule has 15 heavy (non-hydrogen) atoms. The van der Waals surface area contributed by atoms with Gasteiger partial charge in [0.05, 0.1) is 0 Å². The largest absolute Gasteiger partial charge is 0.335 e. The molecule has 1 aromatic carbocycles. The molecule has 3 N–H and O–H groups in total. The summed E-state index contributed by atoms with van der Waals surface area (Å²) in [6.45, 7) is 1.67. The molecule has 0 unspecified atom stereocenters. The lowest BCUT2D eigenvalue weighted by Gasteiger charge is -1.97. The van der Waals surface area contributed by atoms with Gasteiger partial charge in [0.1, 0.15) is 5.82 Å². The van der Waals surface area contributed by atoms with Crippen molar-refractivity contribution in [3.05, 3.63) is 29.6 Å². The van der Waals surface area contributed by atoms with Crippen LogP contribution in [0.5, 0.6) is 0 Å². The Balaban J connectivity index is 2.40. The number of nitrogens with one attached hydrogen (secondary N) is 1. The molecule has 0 saturated carbocycles. The van der Waals surface area contributed by atoms with Crippen LogP contribution in [0, 0.1) is 12.7 Å². The van der Waals surface area contributed by atoms with E-state index in [2.05, 4.69) is 15.6 Å². The molecule has 0 aliphatic carbocycles. The van der Waals surface area contributed by atoms with Crippen molar-refractivity contribution in [3.63, 3.8) is 0 Å². The molecule has 2 rings (SSSR count). The summed E-state index contributed by atoms with van der Waals surface area (Å²) in [5.74, 6) is 5.19. The van der Waals surface area contributed by atoms with Crippen molar-refractivity contribution in [1.29, 1.82) is 0 Å². The van der Waals surface area contributed by atoms with Crippen molar-refractivity contribution in [2.24, 2.45) is 5.84 Å². The summed E-state index contributed by atoms with van der Waals surface area (Å²) in [5, 5.41) is 3.68. The molecule has 0 aliphatic rings. The van der Waals surface area contributed by atoms with E-state index in [0.717, 1.165) is 0 Å². The van der Waals surface area contributed by atoms with Crippen molar-refractivity contribution < 1.29 is 8.91 Å². The van der Waals surface area contributed by atoms with Gasteiger partial charge in [-0.15, -0.1) is 0 Å². The lowest BCUT2D eigenvalue weighted by atomic mass is 10.1. The number of nitrogen functional groups attached to an aromatic ring is 1. The van der Waals surface area contributed by atoms with Gasteiger partial charge in [0.2, 0.25) is 5.82 Å². The summed E-state index contributed by atoms with van der Waals surface area (Å²) in [5.41, 5.74) is 3.44. The first kappa shape index (κ1) is 9.60. The number of nitrogens with zero attached hydrogens (tertiary/aromatic N) is 2. The third-order valence-corrected chi connectivity index (χ3v) is 1.97. The summed E-state index contributed by atoms with van der Waals surface area (Å²) >= 11 is 0. The van der Waals surface area contributed by atoms with Crippen molar-refractivity contribution in [3.8, 4) is 11.4 Å². The van der Waals surface area contributed by atoms with Crippen molar-refractivity contribution in [2.45, 2.75) is 6.92 Å². The number of aryl methyl sites for hydroxylation is 1. The predicted molar refractivity (Wildman–Crippen MR) is 52.2 cm³/mol. The number of anilines is 1. The Morgan fingerprint density at radius 1 is 1.47 bits per heavy atom. The van der Waals surface area contributed by atoms with Crippen LogP contribution in [0.25, 0.3) is 11.4 Å². The fourth-order valence-electron chi connectivity index (χ4n) is 1.18. The highest BCUT2D eigenvalue weighted by Crippen LogP contribution is 2.19. The SMILES string of the molecule is Cc1cc(-c2noc(NN)n2)ccc1F. The number of hydrogen-bond acceptors (Lipinski definition) is 5. The quantitative estimate of drug-likeness (QED) is 0.577. The molecule has 1 aromatic heterocycles. The second-order valence-corrected chi connectivity index (χ2v) is 3.03. The molecule has 0 aliphatic heterocycles. The van der Waals surface area contributed by atoms with E-state index >= 15 is 0 Å². The minimum atomic E-state index is -0.264. The van der Waals surface area contributed by atoms with Gasteiger partial charge >= 0.3 is 6.01 Å². The Kier molecular flexibility index (Phi) is 2.34. The summed E-state index contributed by atoms with van der Waals surface area (Å²) in [4.78, 5) is 3.93. The van der Waals surface area contributed by atoms with Gasteiger partial charge in [0, 0.05) is 5.56 Å². The maximum Gasteiger partial charge on any atom is 0.335 e. The molecule has 78 valence electrons. The number of halogens is 1. The molecule has 0 amide bonds. The summed E-state index contributed by atoms with van der Waals surface area (Å²) in [6, 6.07) is 4.69. The molecule has 0 bridgehead atoms. The van der Waals surface area contributed by atoms with Crippen molar-refractivity contribution >= 4 is 6.01 Å². The summed E-state index contributed by atoms with van der Waals surface area (Å²) < 4.78 is 17.7. The molecule has 5 nitrogen and oxygen atoms in total. The monoisotopic (exact) mass is 208 g/mol. The average molecular weight is 208 g/mol. The van der Waals surface area contributed by atoms with E-state index in [4.69, 9.17) is 10.4 Å². The topological polar surface area (TPSA) is 77.0 Å². The first-order valence-corrected chi connectivity index (χ1v) is 4.27. The molecule has 0 spiro atoms. The number of benzene rings is 1. The lowest BCUT2D eigenvalue weighted by molar-refractivity contribution is 0.432. The Bertz CT molecular complexity index is 483. The molecule has 0 atom stereocenters. The molecule has 6 heteroatoms. The highest BCUT2D eigenvalue weighted by molar-refractivity contribution is 5.56. The Labute approximate surface area is 85.1 Å².